The van der Waals surface area contributed by atoms with Crippen LogP contribution in [0.2, 0.25) is 0 Å². The number of hydrogen-bond donors (Lipinski definition) is 1. The van der Waals surface area contributed by atoms with E-state index in [1.54, 1.807) is 31.6 Å². The van der Waals surface area contributed by atoms with Crippen LogP contribution in [0.1, 0.15) is 36.0 Å². The highest BCUT2D eigenvalue weighted by molar-refractivity contribution is 5.94. The largest absolute Gasteiger partial charge is 0.490 e. The van der Waals surface area contributed by atoms with Crippen molar-refractivity contribution in [1.82, 2.24) is 9.88 Å². The summed E-state index contributed by atoms with van der Waals surface area (Å²) >= 11 is 0. The van der Waals surface area contributed by atoms with Gasteiger partial charge in [-0.3, -0.25) is 9.78 Å². The molecule has 10 heteroatoms. The molecule has 2 aliphatic rings. The van der Waals surface area contributed by atoms with Crippen molar-refractivity contribution >= 4 is 11.9 Å². The molecule has 2 aliphatic heterocycles. The van der Waals surface area contributed by atoms with Gasteiger partial charge in [-0.15, -0.1) is 0 Å². The van der Waals surface area contributed by atoms with Crippen LogP contribution in [0.25, 0.3) is 0 Å². The lowest BCUT2D eigenvalue weighted by Crippen LogP contribution is -2.46. The van der Waals surface area contributed by atoms with E-state index in [0.29, 0.717) is 5.92 Å². The lowest BCUT2D eigenvalue weighted by Gasteiger charge is -2.38. The summed E-state index contributed by atoms with van der Waals surface area (Å²) in [6, 6.07) is 3.55. The number of amides is 1. The number of nitrogens with zero attached hydrogens (tertiary/aromatic N) is 2. The van der Waals surface area contributed by atoms with Crippen LogP contribution in [-0.2, 0) is 14.3 Å². The second kappa shape index (κ2) is 10.0. The Morgan fingerprint density at radius 3 is 2.41 bits per heavy atom. The number of pyridine rings is 1. The lowest BCUT2D eigenvalue weighted by atomic mass is 9.84. The third-order valence-corrected chi connectivity index (χ3v) is 5.15. The molecule has 1 N–H and O–H groups in total. The lowest BCUT2D eigenvalue weighted by molar-refractivity contribution is -0.192. The monoisotopic (exact) mass is 418 g/mol. The zero-order valence-electron chi connectivity index (χ0n) is 16.2. The number of rotatable bonds is 4. The normalized spacial score (nSPS) is 20.8. The first kappa shape index (κ1) is 23.1. The van der Waals surface area contributed by atoms with Gasteiger partial charge in [-0.05, 0) is 43.7 Å². The summed E-state index contributed by atoms with van der Waals surface area (Å²) in [4.78, 5) is 27.2. The summed E-state index contributed by atoms with van der Waals surface area (Å²) in [7, 11) is 1.74. The van der Waals surface area contributed by atoms with Gasteiger partial charge < -0.3 is 19.5 Å². The van der Waals surface area contributed by atoms with Gasteiger partial charge in [-0.2, -0.15) is 13.2 Å². The van der Waals surface area contributed by atoms with Crippen LogP contribution in [0.5, 0.6) is 0 Å². The Balaban J connectivity index is 0.000000370. The van der Waals surface area contributed by atoms with E-state index in [1.807, 2.05) is 4.90 Å². The predicted octanol–water partition coefficient (Wildman–Crippen LogP) is 2.76. The van der Waals surface area contributed by atoms with Crippen molar-refractivity contribution in [2.75, 3.05) is 33.4 Å². The maximum Gasteiger partial charge on any atom is 0.490 e. The van der Waals surface area contributed by atoms with Crippen molar-refractivity contribution in [3.63, 3.8) is 0 Å². The number of aliphatic carboxylic acids is 1. The summed E-state index contributed by atoms with van der Waals surface area (Å²) in [6.45, 7) is 3.19. The number of methoxy groups -OCH3 is 1. The molecule has 1 aromatic rings. The van der Waals surface area contributed by atoms with Crippen molar-refractivity contribution in [1.29, 1.82) is 0 Å². The molecule has 0 saturated carbocycles. The van der Waals surface area contributed by atoms with Crippen LogP contribution >= 0.6 is 0 Å². The number of carboxylic acid groups (broad SMARTS) is 1. The van der Waals surface area contributed by atoms with E-state index in [9.17, 15) is 18.0 Å². The molecule has 1 aromatic heterocycles. The van der Waals surface area contributed by atoms with Gasteiger partial charge in [0, 0.05) is 44.8 Å². The molecule has 0 radical (unpaired) electrons. The molecule has 2 saturated heterocycles. The molecule has 3 heterocycles. The molecule has 7 nitrogen and oxygen atoms in total. The topological polar surface area (TPSA) is 89.0 Å². The minimum absolute atomic E-state index is 0.00652. The molecule has 1 atom stereocenters. The molecule has 0 aromatic carbocycles. The molecule has 1 amide bonds. The maximum atomic E-state index is 12.4. The van der Waals surface area contributed by atoms with Crippen LogP contribution in [0.3, 0.4) is 0 Å². The van der Waals surface area contributed by atoms with Crippen LogP contribution in [0, 0.1) is 5.92 Å². The van der Waals surface area contributed by atoms with Gasteiger partial charge in [0.1, 0.15) is 0 Å². The van der Waals surface area contributed by atoms with Crippen molar-refractivity contribution in [3.8, 4) is 0 Å². The molecular weight excluding hydrogens is 393 g/mol. The number of alkyl halides is 3. The van der Waals surface area contributed by atoms with E-state index >= 15 is 0 Å². The van der Waals surface area contributed by atoms with Gasteiger partial charge in [0.15, 0.2) is 0 Å². The zero-order valence-corrected chi connectivity index (χ0v) is 16.2. The molecule has 162 valence electrons. The van der Waals surface area contributed by atoms with Crippen molar-refractivity contribution in [3.05, 3.63) is 30.1 Å². The van der Waals surface area contributed by atoms with Crippen molar-refractivity contribution in [2.45, 2.75) is 37.5 Å². The van der Waals surface area contributed by atoms with Gasteiger partial charge >= 0.3 is 12.1 Å². The molecular formula is C19H25F3N2O5. The highest BCUT2D eigenvalue weighted by Gasteiger charge is 2.43. The Bertz CT molecular complexity index is 676. The van der Waals surface area contributed by atoms with Gasteiger partial charge in [0.05, 0.1) is 12.2 Å². The number of ether oxygens (including phenoxy) is 2. The summed E-state index contributed by atoms with van der Waals surface area (Å²) in [6.07, 6.45) is 2.30. The number of aromatic nitrogens is 1. The minimum atomic E-state index is -5.08. The van der Waals surface area contributed by atoms with Gasteiger partial charge in [0.25, 0.3) is 5.91 Å². The molecule has 0 aliphatic carbocycles. The molecule has 1 spiro atoms. The van der Waals surface area contributed by atoms with E-state index in [-0.39, 0.29) is 11.5 Å². The first-order valence-corrected chi connectivity index (χ1v) is 9.29. The number of carboxylic acids is 1. The number of hydrogen-bond acceptors (Lipinski definition) is 5. The predicted molar refractivity (Wildman–Crippen MR) is 96.3 cm³/mol. The van der Waals surface area contributed by atoms with E-state index in [0.717, 1.165) is 57.6 Å². The molecule has 2 fully saturated rings. The zero-order chi connectivity index (χ0) is 21.5. The van der Waals surface area contributed by atoms with Gasteiger partial charge in [-0.1, -0.05) is 0 Å². The quantitative estimate of drug-likeness (QED) is 0.809. The summed E-state index contributed by atoms with van der Waals surface area (Å²) in [5, 5.41) is 7.12. The third-order valence-electron chi connectivity index (χ3n) is 5.15. The standard InChI is InChI=1S/C17H24N2O3.C2HF3O2/c1-21-11-4-14-12-17(22-13-14)5-9-19(10-6-17)16(20)15-2-7-18-8-3-15;3-2(4,5)1(6)7/h2-3,7-8,14H,4-6,9-13H2,1H3;(H,6,7). The SMILES string of the molecule is COCCC1COC2(CCN(C(=O)c3ccncc3)CC2)C1.O=C(O)C(F)(F)F. The number of carbonyl (C=O) groups excluding carboxylic acids is 1. The second-order valence-corrected chi connectivity index (χ2v) is 7.18. The number of piperidine rings is 1. The number of halogens is 3. The Hall–Kier alpha value is -2.20. The fourth-order valence-electron chi connectivity index (χ4n) is 3.55. The van der Waals surface area contributed by atoms with E-state index in [4.69, 9.17) is 19.4 Å². The Morgan fingerprint density at radius 1 is 1.31 bits per heavy atom. The summed E-state index contributed by atoms with van der Waals surface area (Å²) in [5.41, 5.74) is 0.712. The van der Waals surface area contributed by atoms with E-state index in [2.05, 4.69) is 4.98 Å². The number of carbonyl (C=O) groups is 2. The molecule has 3 rings (SSSR count). The number of likely N-dealkylation sites (tertiary alicyclic amines) is 1. The Kier molecular flexibility index (Phi) is 7.97. The molecule has 29 heavy (non-hydrogen) atoms. The highest BCUT2D eigenvalue weighted by Crippen LogP contribution is 2.39. The fraction of sp³-hybridized carbons (Fsp3) is 0.632. The first-order chi connectivity index (χ1) is 13.7. The van der Waals surface area contributed by atoms with E-state index in [1.165, 1.54) is 0 Å². The molecule has 1 unspecified atom stereocenters. The highest BCUT2D eigenvalue weighted by atomic mass is 19.4. The maximum absolute atomic E-state index is 12.4. The Labute approximate surface area is 166 Å². The van der Waals surface area contributed by atoms with Crippen molar-refractivity contribution in [2.24, 2.45) is 5.92 Å². The van der Waals surface area contributed by atoms with Crippen LogP contribution in [-0.4, -0.2) is 72.1 Å². The second-order valence-electron chi connectivity index (χ2n) is 7.18. The van der Waals surface area contributed by atoms with E-state index < -0.39 is 12.1 Å². The smallest absolute Gasteiger partial charge is 0.475 e. The van der Waals surface area contributed by atoms with Gasteiger partial charge in [-0.25, -0.2) is 4.79 Å². The van der Waals surface area contributed by atoms with Gasteiger partial charge in [0.2, 0.25) is 0 Å². The Morgan fingerprint density at radius 2 is 1.90 bits per heavy atom. The third kappa shape index (κ3) is 6.67. The fourth-order valence-corrected chi connectivity index (χ4v) is 3.55. The summed E-state index contributed by atoms with van der Waals surface area (Å²) in [5.74, 6) is -2.05. The molecule has 0 bridgehead atoms. The first-order valence-electron chi connectivity index (χ1n) is 9.29. The van der Waals surface area contributed by atoms with Crippen LogP contribution < -0.4 is 0 Å². The average molecular weight is 418 g/mol. The van der Waals surface area contributed by atoms with Crippen LogP contribution in [0.4, 0.5) is 13.2 Å². The minimum Gasteiger partial charge on any atom is -0.475 e. The van der Waals surface area contributed by atoms with Crippen molar-refractivity contribution < 1.29 is 37.3 Å². The average Bonchev–Trinajstić information content (AvgIpc) is 3.09. The summed E-state index contributed by atoms with van der Waals surface area (Å²) < 4.78 is 43.0. The van der Waals surface area contributed by atoms with Crippen LogP contribution in [0.15, 0.2) is 24.5 Å².